The number of benzene rings is 1. The fourth-order valence-electron chi connectivity index (χ4n) is 1.46. The van der Waals surface area contributed by atoms with Crippen LogP contribution in [0.25, 0.3) is 0 Å². The standard InChI is InChI=1S/C12H19N5O2/c1-8(7-19-2)15-12(17-14)16-10-5-3-9(4-6-10)11(13)18/h3-6,8H,7,14H2,1-2H3,(H2,13,18)(H2,15,16,17). The molecule has 7 nitrogen and oxygen atoms in total. The first-order valence-corrected chi connectivity index (χ1v) is 5.77. The van der Waals surface area contributed by atoms with Crippen LogP contribution in [0.15, 0.2) is 29.3 Å². The summed E-state index contributed by atoms with van der Waals surface area (Å²) in [6.07, 6.45) is 0. The molecule has 0 aromatic heterocycles. The van der Waals surface area contributed by atoms with Gasteiger partial charge in [0.25, 0.3) is 0 Å². The molecule has 0 radical (unpaired) electrons. The van der Waals surface area contributed by atoms with Crippen LogP contribution in [-0.2, 0) is 4.74 Å². The van der Waals surface area contributed by atoms with Gasteiger partial charge in [0, 0.05) is 18.4 Å². The lowest BCUT2D eigenvalue weighted by Gasteiger charge is -2.12. The molecule has 0 fully saturated rings. The molecule has 1 unspecified atom stereocenters. The Kier molecular flexibility index (Phi) is 5.77. The summed E-state index contributed by atoms with van der Waals surface area (Å²) < 4.78 is 4.99. The van der Waals surface area contributed by atoms with Gasteiger partial charge >= 0.3 is 0 Å². The van der Waals surface area contributed by atoms with Gasteiger partial charge in [0.15, 0.2) is 0 Å². The molecule has 0 heterocycles. The molecule has 0 bridgehead atoms. The van der Waals surface area contributed by atoms with Crippen LogP contribution in [0.2, 0.25) is 0 Å². The maximum absolute atomic E-state index is 10.9. The van der Waals surface area contributed by atoms with E-state index in [1.165, 1.54) is 0 Å². The molecule has 7 heteroatoms. The van der Waals surface area contributed by atoms with Crippen molar-refractivity contribution in [3.05, 3.63) is 29.8 Å². The van der Waals surface area contributed by atoms with Gasteiger partial charge in [-0.25, -0.2) is 10.8 Å². The first-order valence-electron chi connectivity index (χ1n) is 5.77. The number of nitrogens with zero attached hydrogens (tertiary/aromatic N) is 1. The molecule has 0 saturated heterocycles. The minimum absolute atomic E-state index is 0.0338. The number of carbonyl (C=O) groups is 1. The van der Waals surface area contributed by atoms with E-state index in [0.717, 1.165) is 5.69 Å². The minimum atomic E-state index is -0.467. The Bertz CT molecular complexity index is 444. The van der Waals surface area contributed by atoms with Crippen molar-refractivity contribution in [3.8, 4) is 0 Å². The number of guanidine groups is 1. The zero-order valence-electron chi connectivity index (χ0n) is 11.0. The molecule has 0 aliphatic rings. The van der Waals surface area contributed by atoms with Crippen LogP contribution in [0.4, 0.5) is 5.69 Å². The molecule has 0 aliphatic heterocycles. The van der Waals surface area contributed by atoms with E-state index >= 15 is 0 Å². The number of hydrazine groups is 1. The van der Waals surface area contributed by atoms with E-state index < -0.39 is 5.91 Å². The Morgan fingerprint density at radius 3 is 2.53 bits per heavy atom. The molecule has 6 N–H and O–H groups in total. The Morgan fingerprint density at radius 2 is 2.05 bits per heavy atom. The van der Waals surface area contributed by atoms with Crippen molar-refractivity contribution in [1.29, 1.82) is 0 Å². The summed E-state index contributed by atoms with van der Waals surface area (Å²) in [6, 6.07) is 6.64. The topological polar surface area (TPSA) is 115 Å². The van der Waals surface area contributed by atoms with Gasteiger partial charge in [-0.15, -0.1) is 0 Å². The van der Waals surface area contributed by atoms with Gasteiger partial charge in [-0.3, -0.25) is 10.2 Å². The second-order valence-electron chi connectivity index (χ2n) is 3.99. The summed E-state index contributed by atoms with van der Waals surface area (Å²) in [4.78, 5) is 15.2. The van der Waals surface area contributed by atoms with Crippen LogP contribution >= 0.6 is 0 Å². The molecule has 1 aromatic carbocycles. The molecule has 19 heavy (non-hydrogen) atoms. The van der Waals surface area contributed by atoms with Crippen molar-refractivity contribution >= 4 is 17.6 Å². The number of hydrogen-bond donors (Lipinski definition) is 4. The number of nitrogens with two attached hydrogens (primary N) is 2. The third kappa shape index (κ3) is 4.94. The first kappa shape index (κ1) is 14.9. The zero-order valence-corrected chi connectivity index (χ0v) is 11.0. The lowest BCUT2D eigenvalue weighted by atomic mass is 10.2. The van der Waals surface area contributed by atoms with Crippen LogP contribution in [0.5, 0.6) is 0 Å². The van der Waals surface area contributed by atoms with E-state index in [0.29, 0.717) is 18.1 Å². The summed E-state index contributed by atoms with van der Waals surface area (Å²) in [5.41, 5.74) is 8.81. The van der Waals surface area contributed by atoms with E-state index in [2.05, 4.69) is 15.7 Å². The van der Waals surface area contributed by atoms with E-state index in [9.17, 15) is 4.79 Å². The fraction of sp³-hybridized carbons (Fsp3) is 0.333. The highest BCUT2D eigenvalue weighted by Gasteiger charge is 2.04. The fourth-order valence-corrected chi connectivity index (χ4v) is 1.46. The first-order chi connectivity index (χ1) is 9.06. The molecule has 104 valence electrons. The molecule has 0 aliphatic carbocycles. The van der Waals surface area contributed by atoms with E-state index in [1.807, 2.05) is 6.92 Å². The quantitative estimate of drug-likeness (QED) is 0.260. The highest BCUT2D eigenvalue weighted by Crippen LogP contribution is 2.09. The average molecular weight is 265 g/mol. The summed E-state index contributed by atoms with van der Waals surface area (Å²) in [7, 11) is 1.61. The Labute approximate surface area is 112 Å². The number of hydrogen-bond acceptors (Lipinski definition) is 4. The second kappa shape index (κ2) is 7.34. The summed E-state index contributed by atoms with van der Waals surface area (Å²) in [5.74, 6) is 5.33. The zero-order chi connectivity index (χ0) is 14.3. The lowest BCUT2D eigenvalue weighted by Crippen LogP contribution is -2.37. The van der Waals surface area contributed by atoms with Crippen molar-refractivity contribution in [2.45, 2.75) is 13.0 Å². The van der Waals surface area contributed by atoms with Gasteiger partial charge in [0.1, 0.15) is 0 Å². The van der Waals surface area contributed by atoms with Gasteiger partial charge in [0.2, 0.25) is 11.9 Å². The van der Waals surface area contributed by atoms with Crippen LogP contribution < -0.4 is 22.3 Å². The lowest BCUT2D eigenvalue weighted by molar-refractivity contribution is 0.100. The highest BCUT2D eigenvalue weighted by molar-refractivity contribution is 5.95. The van der Waals surface area contributed by atoms with Crippen molar-refractivity contribution < 1.29 is 9.53 Å². The number of amides is 1. The van der Waals surface area contributed by atoms with Gasteiger partial charge in [0.05, 0.1) is 12.6 Å². The molecule has 1 amide bonds. The van der Waals surface area contributed by atoms with Crippen molar-refractivity contribution in [3.63, 3.8) is 0 Å². The predicted octanol–water partition coefficient (Wildman–Crippen LogP) is 0.0516. The number of rotatable bonds is 5. The number of carbonyl (C=O) groups excluding carboxylic acids is 1. The Balaban J connectivity index is 2.72. The van der Waals surface area contributed by atoms with Gasteiger partial charge in [-0.05, 0) is 31.2 Å². The smallest absolute Gasteiger partial charge is 0.248 e. The predicted molar refractivity (Wildman–Crippen MR) is 74.7 cm³/mol. The average Bonchev–Trinajstić information content (AvgIpc) is 2.38. The molecular formula is C12H19N5O2. The largest absolute Gasteiger partial charge is 0.382 e. The summed E-state index contributed by atoms with van der Waals surface area (Å²) >= 11 is 0. The van der Waals surface area contributed by atoms with Crippen LogP contribution in [0, 0.1) is 0 Å². The van der Waals surface area contributed by atoms with E-state index in [4.69, 9.17) is 16.3 Å². The molecule has 1 aromatic rings. The van der Waals surface area contributed by atoms with E-state index in [1.54, 1.807) is 31.4 Å². The Morgan fingerprint density at radius 1 is 1.42 bits per heavy atom. The molecule has 1 rings (SSSR count). The number of primary amides is 1. The SMILES string of the molecule is COCC(C)N=C(NN)Nc1ccc(C(N)=O)cc1. The Hall–Kier alpha value is -2.12. The van der Waals surface area contributed by atoms with Gasteiger partial charge < -0.3 is 15.8 Å². The number of nitrogens with one attached hydrogen (secondary N) is 2. The summed E-state index contributed by atoms with van der Waals surface area (Å²) in [5, 5.41) is 2.99. The van der Waals surface area contributed by atoms with Crippen molar-refractivity contribution in [2.24, 2.45) is 16.6 Å². The number of aliphatic imine (C=N–C) groups is 1. The monoisotopic (exact) mass is 265 g/mol. The molecule has 1 atom stereocenters. The molecule has 0 saturated carbocycles. The van der Waals surface area contributed by atoms with Crippen molar-refractivity contribution in [1.82, 2.24) is 5.43 Å². The summed E-state index contributed by atoms with van der Waals surface area (Å²) in [6.45, 7) is 2.40. The molecular weight excluding hydrogens is 246 g/mol. The normalized spacial score (nSPS) is 12.9. The maximum atomic E-state index is 10.9. The third-order valence-corrected chi connectivity index (χ3v) is 2.33. The molecule has 0 spiro atoms. The van der Waals surface area contributed by atoms with Gasteiger partial charge in [-0.2, -0.15) is 0 Å². The maximum Gasteiger partial charge on any atom is 0.248 e. The number of anilines is 1. The van der Waals surface area contributed by atoms with Crippen LogP contribution in [0.1, 0.15) is 17.3 Å². The van der Waals surface area contributed by atoms with Crippen LogP contribution in [0.3, 0.4) is 0 Å². The second-order valence-corrected chi connectivity index (χ2v) is 3.99. The number of ether oxygens (including phenoxy) is 1. The number of methoxy groups -OCH3 is 1. The van der Waals surface area contributed by atoms with E-state index in [-0.39, 0.29) is 6.04 Å². The van der Waals surface area contributed by atoms with Crippen molar-refractivity contribution in [2.75, 3.05) is 19.0 Å². The third-order valence-electron chi connectivity index (χ3n) is 2.33. The minimum Gasteiger partial charge on any atom is -0.382 e. The van der Waals surface area contributed by atoms with Crippen LogP contribution in [-0.4, -0.2) is 31.6 Å². The highest BCUT2D eigenvalue weighted by atomic mass is 16.5. The van der Waals surface area contributed by atoms with Gasteiger partial charge in [-0.1, -0.05) is 0 Å².